The zero-order chi connectivity index (χ0) is 24.2. The molecule has 0 aliphatic heterocycles. The van der Waals surface area contributed by atoms with E-state index < -0.39 is 36.5 Å². The first-order valence-electron chi connectivity index (χ1n) is 9.28. The summed E-state index contributed by atoms with van der Waals surface area (Å²) in [5.41, 5.74) is -1.03. The average molecular weight is 490 g/mol. The molecule has 0 saturated carbocycles. The Balaban J connectivity index is 1.83. The molecule has 0 aliphatic rings. The molecule has 176 valence electrons. The molecule has 0 unspecified atom stereocenters. The molecule has 0 saturated heterocycles. The number of benzene rings is 2. The van der Waals surface area contributed by atoms with Crippen molar-refractivity contribution in [3.8, 4) is 17.2 Å². The van der Waals surface area contributed by atoms with Gasteiger partial charge >= 0.3 is 12.4 Å². The second kappa shape index (κ2) is 9.77. The van der Waals surface area contributed by atoms with Crippen LogP contribution in [0.1, 0.15) is 12.0 Å². The Hall–Kier alpha value is -3.15. The van der Waals surface area contributed by atoms with Crippen molar-refractivity contribution in [3.05, 3.63) is 70.8 Å². The Morgan fingerprint density at radius 2 is 1.70 bits per heavy atom. The first-order valence-corrected chi connectivity index (χ1v) is 10.1. The SMILES string of the molecule is COc1cc(-n2ccnc(Sc3ccc(C(F)(F)F)cc3)c2=O)ccc1OCCC(F)(F)F. The summed E-state index contributed by atoms with van der Waals surface area (Å²) >= 11 is 0.895. The number of ether oxygens (including phenoxy) is 2. The van der Waals surface area contributed by atoms with E-state index in [1.54, 1.807) is 0 Å². The molecule has 0 N–H and O–H groups in total. The summed E-state index contributed by atoms with van der Waals surface area (Å²) < 4.78 is 86.7. The number of hydrogen-bond acceptors (Lipinski definition) is 5. The van der Waals surface area contributed by atoms with Crippen LogP contribution in [0.25, 0.3) is 5.69 Å². The summed E-state index contributed by atoms with van der Waals surface area (Å²) in [7, 11) is 1.30. The van der Waals surface area contributed by atoms with Crippen LogP contribution in [0.2, 0.25) is 0 Å². The lowest BCUT2D eigenvalue weighted by Gasteiger charge is -2.14. The fraction of sp³-hybridized carbons (Fsp3) is 0.238. The molecule has 1 aromatic heterocycles. The van der Waals surface area contributed by atoms with Gasteiger partial charge in [0.1, 0.15) is 0 Å². The highest BCUT2D eigenvalue weighted by molar-refractivity contribution is 7.99. The molecule has 0 radical (unpaired) electrons. The minimum absolute atomic E-state index is 0.0155. The highest BCUT2D eigenvalue weighted by Gasteiger charge is 2.30. The normalized spacial score (nSPS) is 12.0. The molecular formula is C21H16F6N2O3S. The average Bonchev–Trinajstić information content (AvgIpc) is 2.74. The standard InChI is InChI=1S/C21H16F6N2O3S/c1-31-17-12-14(4-7-16(17)32-11-8-20(22,23)24)29-10-9-28-18(19(29)30)33-15-5-2-13(3-6-15)21(25,26)27/h2-7,9-10,12H,8,11H2,1H3. The third kappa shape index (κ3) is 6.44. The van der Waals surface area contributed by atoms with E-state index in [-0.39, 0.29) is 16.5 Å². The van der Waals surface area contributed by atoms with Gasteiger partial charge in [-0.05, 0) is 36.4 Å². The molecule has 33 heavy (non-hydrogen) atoms. The predicted octanol–water partition coefficient (Wildman–Crippen LogP) is 5.74. The quantitative estimate of drug-likeness (QED) is 0.396. The van der Waals surface area contributed by atoms with Crippen molar-refractivity contribution >= 4 is 11.8 Å². The van der Waals surface area contributed by atoms with Crippen molar-refractivity contribution < 1.29 is 35.8 Å². The number of aromatic nitrogens is 2. The molecule has 0 atom stereocenters. The summed E-state index contributed by atoms with van der Waals surface area (Å²) in [6, 6.07) is 8.54. The van der Waals surface area contributed by atoms with Gasteiger partial charge in [-0.15, -0.1) is 0 Å². The molecule has 5 nitrogen and oxygen atoms in total. The van der Waals surface area contributed by atoms with Crippen LogP contribution < -0.4 is 15.0 Å². The smallest absolute Gasteiger partial charge is 0.416 e. The molecule has 3 aromatic rings. The molecule has 1 heterocycles. The van der Waals surface area contributed by atoms with Gasteiger partial charge in [0.05, 0.1) is 31.4 Å². The Bertz CT molecular complexity index is 1160. The summed E-state index contributed by atoms with van der Waals surface area (Å²) in [5.74, 6) is 0.197. The Morgan fingerprint density at radius 1 is 1.00 bits per heavy atom. The lowest BCUT2D eigenvalue weighted by Crippen LogP contribution is -2.20. The third-order valence-corrected chi connectivity index (χ3v) is 5.26. The maximum absolute atomic E-state index is 12.9. The van der Waals surface area contributed by atoms with Crippen molar-refractivity contribution in [2.45, 2.75) is 28.7 Å². The zero-order valence-electron chi connectivity index (χ0n) is 16.9. The van der Waals surface area contributed by atoms with Crippen molar-refractivity contribution in [3.63, 3.8) is 0 Å². The first kappa shape index (κ1) is 24.5. The van der Waals surface area contributed by atoms with Crippen LogP contribution in [0, 0.1) is 0 Å². The lowest BCUT2D eigenvalue weighted by atomic mass is 10.2. The van der Waals surface area contributed by atoms with Crippen LogP contribution in [0.15, 0.2) is 69.6 Å². The van der Waals surface area contributed by atoms with E-state index in [2.05, 4.69) is 4.98 Å². The highest BCUT2D eigenvalue weighted by Crippen LogP contribution is 2.33. The van der Waals surface area contributed by atoms with Crippen molar-refractivity contribution in [1.82, 2.24) is 9.55 Å². The monoisotopic (exact) mass is 490 g/mol. The zero-order valence-corrected chi connectivity index (χ0v) is 17.7. The van der Waals surface area contributed by atoms with Gasteiger partial charge in [-0.3, -0.25) is 9.36 Å². The number of halogens is 6. The second-order valence-corrected chi connectivity index (χ2v) is 7.64. The van der Waals surface area contributed by atoms with Gasteiger partial charge in [0.25, 0.3) is 5.56 Å². The van der Waals surface area contributed by atoms with Crippen molar-refractivity contribution in [2.24, 2.45) is 0 Å². The van der Waals surface area contributed by atoms with Crippen LogP contribution in [0.4, 0.5) is 26.3 Å². The van der Waals surface area contributed by atoms with Gasteiger partial charge in [-0.25, -0.2) is 4.98 Å². The van der Waals surface area contributed by atoms with Gasteiger partial charge < -0.3 is 9.47 Å². The minimum Gasteiger partial charge on any atom is -0.493 e. The molecule has 12 heteroatoms. The Kier molecular flexibility index (Phi) is 7.25. The topological polar surface area (TPSA) is 53.4 Å². The number of methoxy groups -OCH3 is 1. The summed E-state index contributed by atoms with van der Waals surface area (Å²) in [4.78, 5) is 17.3. The first-order chi connectivity index (χ1) is 15.5. The molecule has 2 aromatic carbocycles. The van der Waals surface area contributed by atoms with E-state index in [9.17, 15) is 31.1 Å². The minimum atomic E-state index is -4.47. The molecule has 0 bridgehead atoms. The third-order valence-electron chi connectivity index (χ3n) is 4.27. The van der Waals surface area contributed by atoms with E-state index in [1.165, 1.54) is 54.4 Å². The maximum atomic E-state index is 12.9. The Morgan fingerprint density at radius 3 is 2.30 bits per heavy atom. The van der Waals surface area contributed by atoms with Crippen molar-refractivity contribution in [1.29, 1.82) is 0 Å². The fourth-order valence-electron chi connectivity index (χ4n) is 2.69. The maximum Gasteiger partial charge on any atom is 0.416 e. The number of alkyl halides is 6. The van der Waals surface area contributed by atoms with Crippen LogP contribution >= 0.6 is 11.8 Å². The van der Waals surface area contributed by atoms with Gasteiger partial charge in [-0.1, -0.05) is 11.8 Å². The molecule has 0 spiro atoms. The van der Waals surface area contributed by atoms with Crippen LogP contribution in [-0.2, 0) is 6.18 Å². The summed E-state index contributed by atoms with van der Waals surface area (Å²) in [5, 5.41) is 0.0155. The molecular weight excluding hydrogens is 474 g/mol. The summed E-state index contributed by atoms with van der Waals surface area (Å²) in [6.07, 6.45) is -7.25. The van der Waals surface area contributed by atoms with Gasteiger partial charge in [-0.2, -0.15) is 26.3 Å². The van der Waals surface area contributed by atoms with Crippen LogP contribution in [0.5, 0.6) is 11.5 Å². The predicted molar refractivity (Wildman–Crippen MR) is 108 cm³/mol. The lowest BCUT2D eigenvalue weighted by molar-refractivity contribution is -0.140. The molecule has 0 aliphatic carbocycles. The van der Waals surface area contributed by atoms with Gasteiger partial charge in [0.2, 0.25) is 0 Å². The van der Waals surface area contributed by atoms with Gasteiger partial charge in [0, 0.05) is 23.4 Å². The van der Waals surface area contributed by atoms with E-state index >= 15 is 0 Å². The largest absolute Gasteiger partial charge is 0.493 e. The van der Waals surface area contributed by atoms with Gasteiger partial charge in [0.15, 0.2) is 16.5 Å². The van der Waals surface area contributed by atoms with Crippen molar-refractivity contribution in [2.75, 3.05) is 13.7 Å². The second-order valence-electron chi connectivity index (χ2n) is 6.58. The number of hydrogen-bond donors (Lipinski definition) is 0. The van der Waals surface area contributed by atoms with Crippen LogP contribution in [-0.4, -0.2) is 29.4 Å². The van der Waals surface area contributed by atoms with E-state index in [0.29, 0.717) is 10.6 Å². The van der Waals surface area contributed by atoms with Crippen LogP contribution in [0.3, 0.4) is 0 Å². The fourth-order valence-corrected chi connectivity index (χ4v) is 3.49. The van der Waals surface area contributed by atoms with E-state index in [4.69, 9.17) is 9.47 Å². The van der Waals surface area contributed by atoms with E-state index in [0.717, 1.165) is 23.9 Å². The highest BCUT2D eigenvalue weighted by atomic mass is 32.2. The molecule has 0 fully saturated rings. The Labute approximate surface area is 188 Å². The number of nitrogens with zero attached hydrogens (tertiary/aromatic N) is 2. The summed E-state index contributed by atoms with van der Waals surface area (Å²) in [6.45, 7) is -0.595. The molecule has 3 rings (SSSR count). The van der Waals surface area contributed by atoms with E-state index in [1.807, 2.05) is 0 Å². The number of rotatable bonds is 7. The molecule has 0 amide bonds.